The van der Waals surface area contributed by atoms with Crippen LogP contribution in [0.4, 0.5) is 10.8 Å². The smallest absolute Gasteiger partial charge is 0.190 e. The van der Waals surface area contributed by atoms with E-state index in [0.717, 1.165) is 22.2 Å². The van der Waals surface area contributed by atoms with Gasteiger partial charge in [-0.3, -0.25) is 0 Å². The molecule has 0 fully saturated rings. The number of aryl methyl sites for hydroxylation is 2. The van der Waals surface area contributed by atoms with Gasteiger partial charge in [-0.15, -0.1) is 0 Å². The molecule has 0 saturated carbocycles. The molecule has 0 amide bonds. The minimum atomic E-state index is 0.564. The lowest BCUT2D eigenvalue weighted by molar-refractivity contribution is 0.991. The fraction of sp³-hybridized carbons (Fsp3) is 0.357. The van der Waals surface area contributed by atoms with E-state index in [4.69, 9.17) is 5.73 Å². The van der Waals surface area contributed by atoms with Gasteiger partial charge in [0, 0.05) is 23.7 Å². The summed E-state index contributed by atoms with van der Waals surface area (Å²) < 4.78 is 0. The highest BCUT2D eigenvalue weighted by Crippen LogP contribution is 2.32. The summed E-state index contributed by atoms with van der Waals surface area (Å²) >= 11 is 1.69. The first-order chi connectivity index (χ1) is 8.67. The molecule has 2 aromatic rings. The third-order valence-corrected chi connectivity index (χ3v) is 4.22. The second-order valence-corrected chi connectivity index (χ2v) is 5.30. The zero-order valence-electron chi connectivity index (χ0n) is 11.1. The second-order valence-electron chi connectivity index (χ2n) is 4.24. The Labute approximate surface area is 112 Å². The van der Waals surface area contributed by atoms with Crippen molar-refractivity contribution in [1.82, 2.24) is 4.98 Å². The van der Waals surface area contributed by atoms with Crippen LogP contribution in [0, 0.1) is 13.8 Å². The van der Waals surface area contributed by atoms with E-state index in [1.165, 1.54) is 11.3 Å². The Hall–Kier alpha value is -1.39. The average Bonchev–Trinajstić information content (AvgIpc) is 2.74. The molecule has 1 aromatic carbocycles. The van der Waals surface area contributed by atoms with Crippen LogP contribution in [0.25, 0.3) is 0 Å². The number of thiazole rings is 1. The molecule has 2 rings (SSSR count). The summed E-state index contributed by atoms with van der Waals surface area (Å²) in [6, 6.07) is 8.39. The maximum atomic E-state index is 5.73. The molecule has 0 aliphatic carbocycles. The molecule has 3 nitrogen and oxygen atoms in total. The van der Waals surface area contributed by atoms with Crippen LogP contribution < -0.4 is 10.6 Å². The van der Waals surface area contributed by atoms with E-state index in [1.807, 2.05) is 6.92 Å². The Balaban J connectivity index is 2.42. The van der Waals surface area contributed by atoms with Crippen LogP contribution >= 0.6 is 11.3 Å². The molecule has 4 heteroatoms. The SMILES string of the molecule is CCN(c1nc(C)c(CN)s1)c1ccccc1C. The minimum Gasteiger partial charge on any atom is -0.326 e. The van der Waals surface area contributed by atoms with Gasteiger partial charge in [0.1, 0.15) is 0 Å². The number of hydrogen-bond acceptors (Lipinski definition) is 4. The molecule has 0 bridgehead atoms. The van der Waals surface area contributed by atoms with E-state index in [2.05, 4.69) is 48.0 Å². The number of para-hydroxylation sites is 1. The zero-order valence-corrected chi connectivity index (χ0v) is 11.9. The number of nitrogens with two attached hydrogens (primary N) is 1. The highest BCUT2D eigenvalue weighted by atomic mass is 32.1. The largest absolute Gasteiger partial charge is 0.326 e. The molecule has 0 spiro atoms. The predicted octanol–water partition coefficient (Wildman–Crippen LogP) is 3.38. The van der Waals surface area contributed by atoms with Crippen molar-refractivity contribution in [3.63, 3.8) is 0 Å². The Morgan fingerprint density at radius 1 is 1.28 bits per heavy atom. The summed E-state index contributed by atoms with van der Waals surface area (Å²) in [6.45, 7) is 7.76. The van der Waals surface area contributed by atoms with Gasteiger partial charge in [-0.25, -0.2) is 4.98 Å². The van der Waals surface area contributed by atoms with Gasteiger partial charge in [0.2, 0.25) is 0 Å². The van der Waals surface area contributed by atoms with E-state index >= 15 is 0 Å². The number of rotatable bonds is 4. The van der Waals surface area contributed by atoms with Gasteiger partial charge in [-0.05, 0) is 32.4 Å². The van der Waals surface area contributed by atoms with E-state index in [1.54, 1.807) is 11.3 Å². The molecular weight excluding hydrogens is 242 g/mol. The zero-order chi connectivity index (χ0) is 13.1. The fourth-order valence-corrected chi connectivity index (χ4v) is 3.01. The van der Waals surface area contributed by atoms with Crippen molar-refractivity contribution in [2.75, 3.05) is 11.4 Å². The van der Waals surface area contributed by atoms with Crippen LogP contribution in [0.1, 0.15) is 23.1 Å². The number of aromatic nitrogens is 1. The van der Waals surface area contributed by atoms with Crippen molar-refractivity contribution < 1.29 is 0 Å². The van der Waals surface area contributed by atoms with Gasteiger partial charge in [0.15, 0.2) is 5.13 Å². The fourth-order valence-electron chi connectivity index (χ4n) is 1.99. The van der Waals surface area contributed by atoms with Gasteiger partial charge in [0.25, 0.3) is 0 Å². The first-order valence-electron chi connectivity index (χ1n) is 6.17. The van der Waals surface area contributed by atoms with E-state index in [0.29, 0.717) is 6.54 Å². The molecule has 96 valence electrons. The first kappa shape index (κ1) is 13.1. The molecule has 0 atom stereocenters. The molecule has 1 aromatic heterocycles. The van der Waals surface area contributed by atoms with Gasteiger partial charge < -0.3 is 10.6 Å². The monoisotopic (exact) mass is 261 g/mol. The molecule has 0 aliphatic heterocycles. The second kappa shape index (κ2) is 5.50. The van der Waals surface area contributed by atoms with E-state index < -0.39 is 0 Å². The maximum absolute atomic E-state index is 5.73. The molecule has 0 radical (unpaired) electrons. The number of hydrogen-bond donors (Lipinski definition) is 1. The lowest BCUT2D eigenvalue weighted by atomic mass is 10.2. The molecule has 1 heterocycles. The average molecular weight is 261 g/mol. The van der Waals surface area contributed by atoms with Crippen LogP contribution in [0.5, 0.6) is 0 Å². The first-order valence-corrected chi connectivity index (χ1v) is 6.98. The van der Waals surface area contributed by atoms with Crippen LogP contribution in [0.3, 0.4) is 0 Å². The lowest BCUT2D eigenvalue weighted by Gasteiger charge is -2.21. The number of anilines is 2. The van der Waals surface area contributed by atoms with E-state index in [9.17, 15) is 0 Å². The molecule has 0 aliphatic rings. The Bertz CT molecular complexity index is 534. The summed E-state index contributed by atoms with van der Waals surface area (Å²) in [6.07, 6.45) is 0. The summed E-state index contributed by atoms with van der Waals surface area (Å²) in [4.78, 5) is 8.04. The topological polar surface area (TPSA) is 42.2 Å². The van der Waals surface area contributed by atoms with Crippen molar-refractivity contribution >= 4 is 22.2 Å². The third kappa shape index (κ3) is 2.40. The van der Waals surface area contributed by atoms with Crippen molar-refractivity contribution in [1.29, 1.82) is 0 Å². The Kier molecular flexibility index (Phi) is 3.99. The van der Waals surface area contributed by atoms with Crippen LogP contribution in [-0.2, 0) is 6.54 Å². The lowest BCUT2D eigenvalue weighted by Crippen LogP contribution is -2.16. The van der Waals surface area contributed by atoms with Crippen LogP contribution in [0.2, 0.25) is 0 Å². The Morgan fingerprint density at radius 3 is 2.56 bits per heavy atom. The molecular formula is C14H19N3S. The van der Waals surface area contributed by atoms with Crippen LogP contribution in [-0.4, -0.2) is 11.5 Å². The highest BCUT2D eigenvalue weighted by Gasteiger charge is 2.15. The van der Waals surface area contributed by atoms with Gasteiger partial charge in [-0.1, -0.05) is 29.5 Å². The Morgan fingerprint density at radius 2 is 2.00 bits per heavy atom. The minimum absolute atomic E-state index is 0.564. The summed E-state index contributed by atoms with van der Waals surface area (Å²) in [5.74, 6) is 0. The molecule has 0 unspecified atom stereocenters. The standard InChI is InChI=1S/C14H19N3S/c1-4-17(12-8-6-5-7-10(12)2)14-16-11(3)13(9-15)18-14/h5-8H,4,9,15H2,1-3H3. The molecule has 18 heavy (non-hydrogen) atoms. The highest BCUT2D eigenvalue weighted by molar-refractivity contribution is 7.15. The normalized spacial score (nSPS) is 10.7. The number of nitrogens with zero attached hydrogens (tertiary/aromatic N) is 2. The van der Waals surface area contributed by atoms with Crippen molar-refractivity contribution in [2.45, 2.75) is 27.3 Å². The van der Waals surface area contributed by atoms with Crippen molar-refractivity contribution in [3.05, 3.63) is 40.4 Å². The van der Waals surface area contributed by atoms with Crippen molar-refractivity contribution in [2.24, 2.45) is 5.73 Å². The summed E-state index contributed by atoms with van der Waals surface area (Å²) in [5, 5.41) is 1.03. The third-order valence-electron chi connectivity index (χ3n) is 3.02. The number of benzene rings is 1. The quantitative estimate of drug-likeness (QED) is 0.917. The molecule has 0 saturated heterocycles. The maximum Gasteiger partial charge on any atom is 0.190 e. The van der Waals surface area contributed by atoms with Crippen molar-refractivity contribution in [3.8, 4) is 0 Å². The van der Waals surface area contributed by atoms with Gasteiger partial charge in [-0.2, -0.15) is 0 Å². The molecule has 2 N–H and O–H groups in total. The van der Waals surface area contributed by atoms with E-state index in [-0.39, 0.29) is 0 Å². The van der Waals surface area contributed by atoms with Crippen LogP contribution in [0.15, 0.2) is 24.3 Å². The predicted molar refractivity (Wildman–Crippen MR) is 78.6 cm³/mol. The summed E-state index contributed by atoms with van der Waals surface area (Å²) in [7, 11) is 0. The summed E-state index contributed by atoms with van der Waals surface area (Å²) in [5.41, 5.74) is 9.26. The van der Waals surface area contributed by atoms with Gasteiger partial charge in [0.05, 0.1) is 5.69 Å². The van der Waals surface area contributed by atoms with Gasteiger partial charge >= 0.3 is 0 Å².